The third kappa shape index (κ3) is 1.69. The first kappa shape index (κ1) is 9.72. The van der Waals surface area contributed by atoms with Gasteiger partial charge in [0, 0.05) is 5.92 Å². The average Bonchev–Trinajstić information content (AvgIpc) is 2.64. The lowest BCUT2D eigenvalue weighted by Gasteiger charge is -2.18. The van der Waals surface area contributed by atoms with Gasteiger partial charge in [0.25, 0.3) is 0 Å². The summed E-state index contributed by atoms with van der Waals surface area (Å²) in [6, 6.07) is 8.53. The molecule has 1 fully saturated rings. The van der Waals surface area contributed by atoms with E-state index in [0.717, 1.165) is 19.3 Å². The van der Waals surface area contributed by atoms with E-state index in [2.05, 4.69) is 31.2 Å². The van der Waals surface area contributed by atoms with Crippen LogP contribution in [0.5, 0.6) is 0 Å². The van der Waals surface area contributed by atoms with Gasteiger partial charge in [0.2, 0.25) is 0 Å². The lowest BCUT2D eigenvalue weighted by molar-refractivity contribution is 0.163. The van der Waals surface area contributed by atoms with Gasteiger partial charge in [-0.05, 0) is 30.4 Å². The molecule has 1 saturated carbocycles. The lowest BCUT2D eigenvalue weighted by Crippen LogP contribution is -2.12. The van der Waals surface area contributed by atoms with Crippen LogP contribution in [0.1, 0.15) is 43.2 Å². The van der Waals surface area contributed by atoms with Crippen LogP contribution in [-0.2, 0) is 6.42 Å². The minimum Gasteiger partial charge on any atom is -0.392 e. The Bertz CT molecular complexity index is 306. The van der Waals surface area contributed by atoms with Crippen molar-refractivity contribution in [1.29, 1.82) is 0 Å². The number of aryl methyl sites for hydroxylation is 1. The first-order valence-electron chi connectivity index (χ1n) is 5.58. The Balaban J connectivity index is 2.30. The highest BCUT2D eigenvalue weighted by Gasteiger charge is 2.27. The van der Waals surface area contributed by atoms with E-state index in [1.807, 2.05) is 0 Å². The molecule has 1 aromatic rings. The Morgan fingerprint density at radius 3 is 2.71 bits per heavy atom. The van der Waals surface area contributed by atoms with Crippen molar-refractivity contribution in [2.45, 2.75) is 44.6 Å². The molecular formula is C13H18O. The van der Waals surface area contributed by atoms with E-state index >= 15 is 0 Å². The van der Waals surface area contributed by atoms with Crippen LogP contribution >= 0.6 is 0 Å². The SMILES string of the molecule is CCc1ccccc1[C@@H]1CCC[C@@H]1O. The zero-order chi connectivity index (χ0) is 9.97. The van der Waals surface area contributed by atoms with E-state index in [1.54, 1.807) is 0 Å². The molecule has 14 heavy (non-hydrogen) atoms. The van der Waals surface area contributed by atoms with Gasteiger partial charge in [0.15, 0.2) is 0 Å². The van der Waals surface area contributed by atoms with Crippen molar-refractivity contribution in [3.63, 3.8) is 0 Å². The highest BCUT2D eigenvalue weighted by atomic mass is 16.3. The maximum absolute atomic E-state index is 9.86. The van der Waals surface area contributed by atoms with Crippen molar-refractivity contribution in [3.8, 4) is 0 Å². The molecule has 0 bridgehead atoms. The molecule has 1 heteroatoms. The molecule has 0 unspecified atom stereocenters. The van der Waals surface area contributed by atoms with Crippen LogP contribution < -0.4 is 0 Å². The summed E-state index contributed by atoms with van der Waals surface area (Å²) in [7, 11) is 0. The Hall–Kier alpha value is -0.820. The highest BCUT2D eigenvalue weighted by molar-refractivity contribution is 5.31. The van der Waals surface area contributed by atoms with Crippen molar-refractivity contribution in [3.05, 3.63) is 35.4 Å². The van der Waals surface area contributed by atoms with E-state index in [1.165, 1.54) is 17.5 Å². The summed E-state index contributed by atoms with van der Waals surface area (Å²) >= 11 is 0. The van der Waals surface area contributed by atoms with Gasteiger partial charge >= 0.3 is 0 Å². The predicted molar refractivity (Wildman–Crippen MR) is 58.4 cm³/mol. The maximum Gasteiger partial charge on any atom is 0.0608 e. The fourth-order valence-electron chi connectivity index (χ4n) is 2.52. The zero-order valence-electron chi connectivity index (χ0n) is 8.74. The number of benzene rings is 1. The minimum absolute atomic E-state index is 0.109. The van der Waals surface area contributed by atoms with Gasteiger partial charge < -0.3 is 5.11 Å². The summed E-state index contributed by atoms with van der Waals surface area (Å²) in [5.41, 5.74) is 2.78. The summed E-state index contributed by atoms with van der Waals surface area (Å²) in [5, 5.41) is 9.86. The summed E-state index contributed by atoms with van der Waals surface area (Å²) in [6.07, 6.45) is 4.26. The number of rotatable bonds is 2. The van der Waals surface area contributed by atoms with Crippen molar-refractivity contribution >= 4 is 0 Å². The molecule has 1 aliphatic rings. The zero-order valence-corrected chi connectivity index (χ0v) is 8.74. The molecule has 1 aromatic carbocycles. The van der Waals surface area contributed by atoms with Crippen LogP contribution in [0.25, 0.3) is 0 Å². The predicted octanol–water partition coefficient (Wildman–Crippen LogP) is 2.88. The van der Waals surface area contributed by atoms with E-state index in [4.69, 9.17) is 0 Å². The standard InChI is InChI=1S/C13H18O/c1-2-10-6-3-4-7-11(10)12-8-5-9-13(12)14/h3-4,6-7,12-14H,2,5,8-9H2,1H3/t12-,13-/m0/s1. The molecule has 2 atom stereocenters. The second-order valence-corrected chi connectivity index (χ2v) is 4.16. The van der Waals surface area contributed by atoms with Gasteiger partial charge in [-0.15, -0.1) is 0 Å². The molecular weight excluding hydrogens is 172 g/mol. The van der Waals surface area contributed by atoms with Crippen LogP contribution in [0.15, 0.2) is 24.3 Å². The molecule has 0 saturated heterocycles. The van der Waals surface area contributed by atoms with Crippen LogP contribution in [-0.4, -0.2) is 11.2 Å². The van der Waals surface area contributed by atoms with Crippen LogP contribution in [0.2, 0.25) is 0 Å². The van der Waals surface area contributed by atoms with Gasteiger partial charge in [-0.1, -0.05) is 37.6 Å². The molecule has 0 aromatic heterocycles. The quantitative estimate of drug-likeness (QED) is 0.760. The molecule has 0 radical (unpaired) electrons. The average molecular weight is 190 g/mol. The number of aliphatic hydroxyl groups excluding tert-OH is 1. The minimum atomic E-state index is -0.109. The smallest absolute Gasteiger partial charge is 0.0608 e. The second kappa shape index (κ2) is 4.14. The van der Waals surface area contributed by atoms with Crippen LogP contribution in [0.4, 0.5) is 0 Å². The molecule has 76 valence electrons. The molecule has 0 spiro atoms. The van der Waals surface area contributed by atoms with Crippen molar-refractivity contribution in [1.82, 2.24) is 0 Å². The van der Waals surface area contributed by atoms with Crippen LogP contribution in [0, 0.1) is 0 Å². The summed E-state index contributed by atoms with van der Waals surface area (Å²) in [5.74, 6) is 0.395. The van der Waals surface area contributed by atoms with Gasteiger partial charge in [-0.25, -0.2) is 0 Å². The molecule has 1 aliphatic carbocycles. The Kier molecular flexibility index (Phi) is 2.87. The van der Waals surface area contributed by atoms with Gasteiger partial charge in [-0.3, -0.25) is 0 Å². The van der Waals surface area contributed by atoms with Crippen molar-refractivity contribution < 1.29 is 5.11 Å². The first-order chi connectivity index (χ1) is 6.83. The molecule has 2 rings (SSSR count). The summed E-state index contributed by atoms with van der Waals surface area (Å²) < 4.78 is 0. The normalized spacial score (nSPS) is 26.7. The van der Waals surface area contributed by atoms with E-state index < -0.39 is 0 Å². The van der Waals surface area contributed by atoms with Crippen molar-refractivity contribution in [2.24, 2.45) is 0 Å². The lowest BCUT2D eigenvalue weighted by atomic mass is 9.90. The Morgan fingerprint density at radius 1 is 1.29 bits per heavy atom. The largest absolute Gasteiger partial charge is 0.392 e. The Labute approximate surface area is 85.8 Å². The number of hydrogen-bond donors (Lipinski definition) is 1. The third-order valence-corrected chi connectivity index (χ3v) is 3.31. The summed E-state index contributed by atoms with van der Waals surface area (Å²) in [6.45, 7) is 2.18. The summed E-state index contributed by atoms with van der Waals surface area (Å²) in [4.78, 5) is 0. The maximum atomic E-state index is 9.86. The molecule has 0 amide bonds. The van der Waals surface area contributed by atoms with Crippen molar-refractivity contribution in [2.75, 3.05) is 0 Å². The van der Waals surface area contributed by atoms with E-state index in [9.17, 15) is 5.11 Å². The number of aliphatic hydroxyl groups is 1. The molecule has 0 heterocycles. The van der Waals surface area contributed by atoms with Crippen LogP contribution in [0.3, 0.4) is 0 Å². The second-order valence-electron chi connectivity index (χ2n) is 4.16. The van der Waals surface area contributed by atoms with Gasteiger partial charge in [0.05, 0.1) is 6.10 Å². The fourth-order valence-corrected chi connectivity index (χ4v) is 2.52. The molecule has 1 N–H and O–H groups in total. The third-order valence-electron chi connectivity index (χ3n) is 3.31. The monoisotopic (exact) mass is 190 g/mol. The number of hydrogen-bond acceptors (Lipinski definition) is 1. The van der Waals surface area contributed by atoms with Gasteiger partial charge in [0.1, 0.15) is 0 Å². The van der Waals surface area contributed by atoms with E-state index in [0.29, 0.717) is 5.92 Å². The molecule has 1 nitrogen and oxygen atoms in total. The Morgan fingerprint density at radius 2 is 2.07 bits per heavy atom. The fraction of sp³-hybridized carbons (Fsp3) is 0.538. The molecule has 0 aliphatic heterocycles. The topological polar surface area (TPSA) is 20.2 Å². The highest BCUT2D eigenvalue weighted by Crippen LogP contribution is 2.36. The van der Waals surface area contributed by atoms with E-state index in [-0.39, 0.29) is 6.10 Å². The first-order valence-corrected chi connectivity index (χ1v) is 5.58. The van der Waals surface area contributed by atoms with Gasteiger partial charge in [-0.2, -0.15) is 0 Å².